The molecule has 0 saturated carbocycles. The minimum atomic E-state index is -2.67. The van der Waals surface area contributed by atoms with Gasteiger partial charge in [0.05, 0.1) is 6.61 Å². The van der Waals surface area contributed by atoms with Gasteiger partial charge in [0.2, 0.25) is 5.82 Å². The molecule has 0 spiro atoms. The van der Waals surface area contributed by atoms with E-state index in [1.54, 1.807) is 42.2 Å². The number of piperidine rings is 1. The molecule has 162 valence electrons. The van der Waals surface area contributed by atoms with Crippen LogP contribution in [0.1, 0.15) is 32.1 Å². The molecule has 12 nitrogen and oxygen atoms in total. The zero-order valence-corrected chi connectivity index (χ0v) is 16.5. The second kappa shape index (κ2) is 11.0. The van der Waals surface area contributed by atoms with Crippen LogP contribution >= 0.6 is 0 Å². The van der Waals surface area contributed by atoms with Gasteiger partial charge in [-0.05, 0) is 32.9 Å². The van der Waals surface area contributed by atoms with Gasteiger partial charge in [0.1, 0.15) is 9.85 Å². The van der Waals surface area contributed by atoms with E-state index in [2.05, 4.69) is 14.9 Å². The van der Waals surface area contributed by atoms with Crippen molar-refractivity contribution in [1.82, 2.24) is 15.0 Å². The number of hydrogen-bond donors (Lipinski definition) is 0. The highest BCUT2D eigenvalue weighted by atomic mass is 16.7. The first-order chi connectivity index (χ1) is 14.5. The summed E-state index contributed by atoms with van der Waals surface area (Å²) >= 11 is 0. The second-order valence-corrected chi connectivity index (χ2v) is 6.51. The molecule has 30 heavy (non-hydrogen) atoms. The molecule has 1 aliphatic heterocycles. The number of nitrogens with zero attached hydrogens (tertiary/aromatic N) is 5. The quantitative estimate of drug-likeness (QED) is 0.268. The van der Waals surface area contributed by atoms with E-state index in [-0.39, 0.29) is 5.82 Å². The highest BCUT2D eigenvalue weighted by Gasteiger charge is 2.64. The van der Waals surface area contributed by atoms with Crippen LogP contribution in [0.4, 0.5) is 0 Å². The van der Waals surface area contributed by atoms with Crippen LogP contribution in [0.5, 0.6) is 0 Å². The summed E-state index contributed by atoms with van der Waals surface area (Å²) in [6.07, 6.45) is 2.72. The molecule has 0 unspecified atom stereocenters. The van der Waals surface area contributed by atoms with E-state index < -0.39 is 27.9 Å². The van der Waals surface area contributed by atoms with Gasteiger partial charge in [0.15, 0.2) is 6.54 Å². The molecular formula is C18H23N5O7. The number of aromatic nitrogens is 2. The number of carbonyl (C=O) groups is 1. The summed E-state index contributed by atoms with van der Waals surface area (Å²) in [5.41, 5.74) is -2.10. The Morgan fingerprint density at radius 1 is 1.17 bits per heavy atom. The Hall–Kier alpha value is -3.41. The Kier molecular flexibility index (Phi) is 8.35. The third-order valence-corrected chi connectivity index (χ3v) is 4.53. The highest BCUT2D eigenvalue weighted by Crippen LogP contribution is 2.29. The minimum absolute atomic E-state index is 0.0855. The predicted molar refractivity (Wildman–Crippen MR) is 103 cm³/mol. The average Bonchev–Trinajstić information content (AvgIpc) is 3.24. The first-order valence-corrected chi connectivity index (χ1v) is 9.42. The maximum absolute atomic E-state index is 11.7. The Morgan fingerprint density at radius 3 is 2.30 bits per heavy atom. The monoisotopic (exact) mass is 421 g/mol. The predicted octanol–water partition coefficient (Wildman–Crippen LogP) is 2.11. The van der Waals surface area contributed by atoms with Gasteiger partial charge in [0, 0.05) is 5.56 Å². The lowest BCUT2D eigenvalue weighted by atomic mass is 10.1. The van der Waals surface area contributed by atoms with Gasteiger partial charge in [-0.2, -0.15) is 4.98 Å². The lowest BCUT2D eigenvalue weighted by molar-refractivity contribution is -0.813. The number of ether oxygens (including phenoxy) is 1. The number of nitro groups is 2. The highest BCUT2D eigenvalue weighted by molar-refractivity contribution is 5.53. The number of benzene rings is 1. The van der Waals surface area contributed by atoms with E-state index in [0.717, 1.165) is 19.3 Å². The molecule has 0 aliphatic carbocycles. The fraction of sp³-hybridized carbons (Fsp3) is 0.500. The molecule has 1 aromatic carbocycles. The van der Waals surface area contributed by atoms with Gasteiger partial charge in [0.25, 0.3) is 6.47 Å². The Balaban J connectivity index is 0.000000575. The van der Waals surface area contributed by atoms with Crippen molar-refractivity contribution in [3.63, 3.8) is 0 Å². The smallest absolute Gasteiger partial charge is 0.468 e. The van der Waals surface area contributed by atoms with Gasteiger partial charge < -0.3 is 9.26 Å². The van der Waals surface area contributed by atoms with Crippen molar-refractivity contribution in [2.45, 2.75) is 31.8 Å². The van der Waals surface area contributed by atoms with Crippen LogP contribution < -0.4 is 0 Å². The van der Waals surface area contributed by atoms with E-state index in [1.165, 1.54) is 0 Å². The SMILES string of the molecule is CCOC=O.O=[N+]([O-])C(CN1CCCCC1)(c1nc(-c2ccccc2)no1)[N+](=O)[O-]. The lowest BCUT2D eigenvalue weighted by Crippen LogP contribution is -2.53. The zero-order valence-electron chi connectivity index (χ0n) is 16.5. The van der Waals surface area contributed by atoms with Crippen LogP contribution in [0, 0.1) is 20.2 Å². The summed E-state index contributed by atoms with van der Waals surface area (Å²) in [6.45, 7) is 3.41. The fourth-order valence-corrected chi connectivity index (χ4v) is 2.99. The van der Waals surface area contributed by atoms with Gasteiger partial charge >= 0.3 is 11.6 Å². The van der Waals surface area contributed by atoms with Crippen LogP contribution in [-0.2, 0) is 15.2 Å². The number of carbonyl (C=O) groups excluding carboxylic acids is 1. The van der Waals surface area contributed by atoms with Crippen molar-refractivity contribution < 1.29 is 23.9 Å². The van der Waals surface area contributed by atoms with Crippen molar-refractivity contribution in [3.05, 3.63) is 56.5 Å². The fourth-order valence-electron chi connectivity index (χ4n) is 2.99. The van der Waals surface area contributed by atoms with Crippen LogP contribution in [0.25, 0.3) is 11.4 Å². The van der Waals surface area contributed by atoms with E-state index in [1.807, 2.05) is 0 Å². The molecule has 0 atom stereocenters. The number of likely N-dealkylation sites (tertiary alicyclic amines) is 1. The van der Waals surface area contributed by atoms with Crippen LogP contribution in [0.3, 0.4) is 0 Å². The first kappa shape index (κ1) is 22.9. The summed E-state index contributed by atoms with van der Waals surface area (Å²) in [7, 11) is 0. The van der Waals surface area contributed by atoms with Crippen molar-refractivity contribution in [3.8, 4) is 11.4 Å². The van der Waals surface area contributed by atoms with Gasteiger partial charge in [-0.15, -0.1) is 0 Å². The third kappa shape index (κ3) is 5.35. The minimum Gasteiger partial charge on any atom is -0.468 e. The standard InChI is InChI=1S/C15H17N5O5.C3H6O2/c21-19(22)15(20(23)24,11-18-9-5-2-6-10-18)14-16-13(17-25-14)12-7-3-1-4-8-12;1-2-5-3-4/h1,3-4,7-8H,2,5-6,9-11H2;3H,2H2,1H3. The average molecular weight is 421 g/mol. The summed E-state index contributed by atoms with van der Waals surface area (Å²) in [6, 6.07) is 8.67. The molecule has 2 heterocycles. The summed E-state index contributed by atoms with van der Waals surface area (Å²) < 4.78 is 9.13. The topological polar surface area (TPSA) is 155 Å². The molecule has 12 heteroatoms. The van der Waals surface area contributed by atoms with Crippen LogP contribution in [-0.4, -0.2) is 57.6 Å². The third-order valence-electron chi connectivity index (χ3n) is 4.53. The van der Waals surface area contributed by atoms with Crippen LogP contribution in [0.15, 0.2) is 34.9 Å². The van der Waals surface area contributed by atoms with E-state index in [0.29, 0.717) is 31.7 Å². The Morgan fingerprint density at radius 2 is 1.80 bits per heavy atom. The van der Waals surface area contributed by atoms with Crippen LogP contribution in [0.2, 0.25) is 0 Å². The largest absolute Gasteiger partial charge is 0.547 e. The van der Waals surface area contributed by atoms with E-state index >= 15 is 0 Å². The molecule has 0 bridgehead atoms. The van der Waals surface area contributed by atoms with Gasteiger partial charge in [-0.3, -0.25) is 29.9 Å². The molecule has 1 fully saturated rings. The van der Waals surface area contributed by atoms with Crippen molar-refractivity contribution in [2.24, 2.45) is 0 Å². The normalized spacial score (nSPS) is 14.3. The second-order valence-electron chi connectivity index (χ2n) is 6.51. The Bertz CT molecular complexity index is 822. The van der Waals surface area contributed by atoms with E-state index in [4.69, 9.17) is 4.52 Å². The molecule has 3 rings (SSSR count). The molecule has 1 saturated heterocycles. The molecule has 1 aromatic heterocycles. The summed E-state index contributed by atoms with van der Waals surface area (Å²) in [5.74, 6) is -0.519. The molecule has 2 aromatic rings. The van der Waals surface area contributed by atoms with E-state index in [9.17, 15) is 25.0 Å². The zero-order chi connectivity index (χ0) is 22.0. The van der Waals surface area contributed by atoms with Crippen molar-refractivity contribution in [2.75, 3.05) is 26.2 Å². The summed E-state index contributed by atoms with van der Waals surface area (Å²) in [5, 5.41) is 27.1. The van der Waals surface area contributed by atoms with Crippen molar-refractivity contribution >= 4 is 6.47 Å². The number of rotatable bonds is 8. The molecule has 0 amide bonds. The molecular weight excluding hydrogens is 398 g/mol. The van der Waals surface area contributed by atoms with Gasteiger partial charge in [-0.25, -0.2) is 0 Å². The Labute approximate surface area is 172 Å². The van der Waals surface area contributed by atoms with Gasteiger partial charge in [-0.1, -0.05) is 41.9 Å². The molecule has 0 N–H and O–H groups in total. The molecule has 1 aliphatic rings. The maximum Gasteiger partial charge on any atom is 0.547 e. The number of hydrogen-bond acceptors (Lipinski definition) is 10. The lowest BCUT2D eigenvalue weighted by Gasteiger charge is -2.27. The first-order valence-electron chi connectivity index (χ1n) is 9.42. The summed E-state index contributed by atoms with van der Waals surface area (Å²) in [4.78, 5) is 36.4. The maximum atomic E-state index is 11.7. The van der Waals surface area contributed by atoms with Crippen molar-refractivity contribution in [1.29, 1.82) is 0 Å². The molecule has 0 radical (unpaired) electrons.